The van der Waals surface area contributed by atoms with Crippen LogP contribution in [-0.4, -0.2) is 18.6 Å². The van der Waals surface area contributed by atoms with Gasteiger partial charge in [-0.15, -0.1) is 0 Å². The Hall–Kier alpha value is -1.71. The fourth-order valence-electron chi connectivity index (χ4n) is 1.84. The number of hydrogen-bond donors (Lipinski definition) is 2. The van der Waals surface area contributed by atoms with Gasteiger partial charge in [0.15, 0.2) is 0 Å². The van der Waals surface area contributed by atoms with Crippen LogP contribution in [0.4, 0.5) is 11.4 Å². The zero-order chi connectivity index (χ0) is 13.5. The molecule has 0 amide bonds. The van der Waals surface area contributed by atoms with E-state index >= 15 is 0 Å². The first-order valence-corrected chi connectivity index (χ1v) is 6.41. The standard InChI is InChI=1S/C14H22N2O2/c1-4-6-10(3)16-13-8-7-11(15)9-12(13)14(17)18-5-2/h7-10,16H,4-6,15H2,1-3H3. The van der Waals surface area contributed by atoms with Crippen LogP contribution in [-0.2, 0) is 4.74 Å². The first-order valence-electron chi connectivity index (χ1n) is 6.41. The summed E-state index contributed by atoms with van der Waals surface area (Å²) in [6, 6.07) is 5.57. The van der Waals surface area contributed by atoms with E-state index in [1.165, 1.54) is 0 Å². The Morgan fingerprint density at radius 2 is 2.17 bits per heavy atom. The van der Waals surface area contributed by atoms with Gasteiger partial charge in [0, 0.05) is 17.4 Å². The fraction of sp³-hybridized carbons (Fsp3) is 0.500. The van der Waals surface area contributed by atoms with Crippen molar-refractivity contribution in [1.82, 2.24) is 0 Å². The number of carbonyl (C=O) groups excluding carboxylic acids is 1. The third kappa shape index (κ3) is 3.95. The lowest BCUT2D eigenvalue weighted by atomic mass is 10.1. The number of carbonyl (C=O) groups is 1. The SMILES string of the molecule is CCCC(C)Nc1ccc(N)cc1C(=O)OCC. The Kier molecular flexibility index (Phi) is 5.49. The highest BCUT2D eigenvalue weighted by Gasteiger charge is 2.14. The summed E-state index contributed by atoms with van der Waals surface area (Å²) in [4.78, 5) is 11.8. The first-order chi connectivity index (χ1) is 8.58. The van der Waals surface area contributed by atoms with E-state index < -0.39 is 0 Å². The molecule has 4 nitrogen and oxygen atoms in total. The lowest BCUT2D eigenvalue weighted by molar-refractivity contribution is 0.0527. The minimum absolute atomic E-state index is 0.312. The minimum Gasteiger partial charge on any atom is -0.462 e. The van der Waals surface area contributed by atoms with Gasteiger partial charge >= 0.3 is 5.97 Å². The van der Waals surface area contributed by atoms with Crippen molar-refractivity contribution in [3.8, 4) is 0 Å². The van der Waals surface area contributed by atoms with E-state index in [1.807, 2.05) is 6.07 Å². The molecule has 0 radical (unpaired) electrons. The Morgan fingerprint density at radius 3 is 2.78 bits per heavy atom. The topological polar surface area (TPSA) is 64.3 Å². The third-order valence-electron chi connectivity index (χ3n) is 2.66. The van der Waals surface area contributed by atoms with E-state index in [0.29, 0.717) is 23.9 Å². The second-order valence-corrected chi connectivity index (χ2v) is 4.36. The number of hydrogen-bond acceptors (Lipinski definition) is 4. The molecule has 1 aromatic carbocycles. The molecule has 0 spiro atoms. The molecule has 0 saturated carbocycles. The van der Waals surface area contributed by atoms with Crippen molar-refractivity contribution in [2.45, 2.75) is 39.7 Å². The Morgan fingerprint density at radius 1 is 1.44 bits per heavy atom. The summed E-state index contributed by atoms with van der Waals surface area (Å²) >= 11 is 0. The van der Waals surface area contributed by atoms with E-state index in [4.69, 9.17) is 10.5 Å². The monoisotopic (exact) mass is 250 g/mol. The molecule has 0 heterocycles. The van der Waals surface area contributed by atoms with Gasteiger partial charge in [-0.25, -0.2) is 4.79 Å². The molecule has 4 heteroatoms. The number of nitrogen functional groups attached to an aromatic ring is 1. The van der Waals surface area contributed by atoms with Gasteiger partial charge in [-0.1, -0.05) is 13.3 Å². The maximum atomic E-state index is 11.8. The average molecular weight is 250 g/mol. The molecule has 1 rings (SSSR count). The van der Waals surface area contributed by atoms with E-state index in [-0.39, 0.29) is 5.97 Å². The zero-order valence-electron chi connectivity index (χ0n) is 11.3. The van der Waals surface area contributed by atoms with Crippen LogP contribution in [0.2, 0.25) is 0 Å². The van der Waals surface area contributed by atoms with Crippen LogP contribution < -0.4 is 11.1 Å². The fourth-order valence-corrected chi connectivity index (χ4v) is 1.84. The van der Waals surface area contributed by atoms with Crippen molar-refractivity contribution in [2.75, 3.05) is 17.7 Å². The van der Waals surface area contributed by atoms with Gasteiger partial charge in [-0.3, -0.25) is 0 Å². The summed E-state index contributed by atoms with van der Waals surface area (Å²) in [5.41, 5.74) is 7.56. The zero-order valence-corrected chi connectivity index (χ0v) is 11.3. The molecule has 0 aliphatic heterocycles. The normalized spacial score (nSPS) is 11.9. The van der Waals surface area contributed by atoms with E-state index in [0.717, 1.165) is 18.5 Å². The molecule has 0 bridgehead atoms. The predicted octanol–water partition coefficient (Wildman–Crippen LogP) is 3.05. The Bertz CT molecular complexity index is 405. The number of nitrogens with one attached hydrogen (secondary N) is 1. The average Bonchev–Trinajstić information content (AvgIpc) is 2.32. The van der Waals surface area contributed by atoms with Crippen molar-refractivity contribution in [3.63, 3.8) is 0 Å². The van der Waals surface area contributed by atoms with Crippen LogP contribution in [0.5, 0.6) is 0 Å². The van der Waals surface area contributed by atoms with Gasteiger partial charge in [0.05, 0.1) is 12.2 Å². The molecule has 0 saturated heterocycles. The van der Waals surface area contributed by atoms with Gasteiger partial charge in [0.1, 0.15) is 0 Å². The van der Waals surface area contributed by atoms with Crippen molar-refractivity contribution < 1.29 is 9.53 Å². The van der Waals surface area contributed by atoms with Gasteiger partial charge in [-0.05, 0) is 38.5 Å². The van der Waals surface area contributed by atoms with Crippen LogP contribution in [0.25, 0.3) is 0 Å². The summed E-state index contributed by atoms with van der Waals surface area (Å²) in [7, 11) is 0. The molecule has 1 unspecified atom stereocenters. The highest BCUT2D eigenvalue weighted by atomic mass is 16.5. The number of ether oxygens (including phenoxy) is 1. The van der Waals surface area contributed by atoms with Gasteiger partial charge in [0.25, 0.3) is 0 Å². The molecule has 0 aliphatic carbocycles. The van der Waals surface area contributed by atoms with E-state index in [9.17, 15) is 4.79 Å². The molecule has 0 aliphatic rings. The van der Waals surface area contributed by atoms with Crippen molar-refractivity contribution in [1.29, 1.82) is 0 Å². The van der Waals surface area contributed by atoms with Crippen molar-refractivity contribution in [3.05, 3.63) is 23.8 Å². The number of benzene rings is 1. The molecular formula is C14H22N2O2. The number of anilines is 2. The van der Waals surface area contributed by atoms with Crippen molar-refractivity contribution >= 4 is 17.3 Å². The molecule has 0 fully saturated rings. The number of esters is 1. The molecule has 1 aromatic rings. The molecule has 0 aromatic heterocycles. The molecule has 18 heavy (non-hydrogen) atoms. The molecule has 3 N–H and O–H groups in total. The van der Waals surface area contributed by atoms with Crippen LogP contribution in [0.1, 0.15) is 44.0 Å². The quantitative estimate of drug-likeness (QED) is 0.601. The van der Waals surface area contributed by atoms with Crippen molar-refractivity contribution in [2.24, 2.45) is 0 Å². The lowest BCUT2D eigenvalue weighted by Gasteiger charge is -2.17. The predicted molar refractivity (Wildman–Crippen MR) is 74.8 cm³/mol. The van der Waals surface area contributed by atoms with Gasteiger partial charge in [-0.2, -0.15) is 0 Å². The summed E-state index contributed by atoms with van der Waals surface area (Å²) in [6.45, 7) is 6.37. The van der Waals surface area contributed by atoms with Gasteiger partial charge in [0.2, 0.25) is 0 Å². The third-order valence-corrected chi connectivity index (χ3v) is 2.66. The highest BCUT2D eigenvalue weighted by Crippen LogP contribution is 2.21. The smallest absolute Gasteiger partial charge is 0.340 e. The minimum atomic E-state index is -0.337. The first kappa shape index (κ1) is 14.4. The number of rotatable bonds is 6. The largest absolute Gasteiger partial charge is 0.462 e. The van der Waals surface area contributed by atoms with E-state index in [1.54, 1.807) is 19.1 Å². The summed E-state index contributed by atoms with van der Waals surface area (Å²) in [5.74, 6) is -0.337. The second-order valence-electron chi connectivity index (χ2n) is 4.36. The molecule has 1 atom stereocenters. The maximum absolute atomic E-state index is 11.8. The van der Waals surface area contributed by atoms with Crippen LogP contribution in [0.3, 0.4) is 0 Å². The number of nitrogens with two attached hydrogens (primary N) is 1. The Balaban J connectivity index is 2.92. The summed E-state index contributed by atoms with van der Waals surface area (Å²) in [6.07, 6.45) is 2.14. The van der Waals surface area contributed by atoms with Gasteiger partial charge < -0.3 is 15.8 Å². The highest BCUT2D eigenvalue weighted by molar-refractivity contribution is 5.96. The van der Waals surface area contributed by atoms with Crippen LogP contribution >= 0.6 is 0 Å². The lowest BCUT2D eigenvalue weighted by Crippen LogP contribution is -2.18. The maximum Gasteiger partial charge on any atom is 0.340 e. The summed E-state index contributed by atoms with van der Waals surface area (Å²) in [5, 5.41) is 3.32. The van der Waals surface area contributed by atoms with Crippen LogP contribution in [0, 0.1) is 0 Å². The van der Waals surface area contributed by atoms with E-state index in [2.05, 4.69) is 19.2 Å². The molecule has 100 valence electrons. The van der Waals surface area contributed by atoms with Crippen LogP contribution in [0.15, 0.2) is 18.2 Å². The Labute approximate surface area is 109 Å². The molecular weight excluding hydrogens is 228 g/mol. The summed E-state index contributed by atoms with van der Waals surface area (Å²) < 4.78 is 5.03. The second kappa shape index (κ2) is 6.89.